The van der Waals surface area contributed by atoms with Crippen molar-refractivity contribution in [3.8, 4) is 0 Å². The fraction of sp³-hybridized carbons (Fsp3) is 0.900. The largest absolute Gasteiger partial charge is 0.365 e. The van der Waals surface area contributed by atoms with Gasteiger partial charge in [0.25, 0.3) is 0 Å². The molecule has 0 amide bonds. The van der Waals surface area contributed by atoms with Gasteiger partial charge in [-0.05, 0) is 11.8 Å². The van der Waals surface area contributed by atoms with Crippen molar-refractivity contribution in [1.82, 2.24) is 5.32 Å². The summed E-state index contributed by atoms with van der Waals surface area (Å²) >= 11 is 1.90. The predicted octanol–water partition coefficient (Wildman–Crippen LogP) is 2.36. The second-order valence-electron chi connectivity index (χ2n) is 4.32. The third-order valence-electron chi connectivity index (χ3n) is 2.08. The molecule has 0 fully saturated rings. The summed E-state index contributed by atoms with van der Waals surface area (Å²) in [5.41, 5.74) is 0. The van der Waals surface area contributed by atoms with Crippen LogP contribution >= 0.6 is 11.8 Å². The van der Waals surface area contributed by atoms with Crippen molar-refractivity contribution in [1.29, 1.82) is 0 Å². The topological polar surface area (TPSA) is 24.4 Å². The highest BCUT2D eigenvalue weighted by Gasteiger charge is 2.21. The van der Waals surface area contributed by atoms with Crippen LogP contribution in [0.2, 0.25) is 0 Å². The van der Waals surface area contributed by atoms with Gasteiger partial charge < -0.3 is 5.32 Å². The van der Waals surface area contributed by atoms with E-state index < -0.39 is 0 Å². The van der Waals surface area contributed by atoms with Crippen LogP contribution in [0.3, 0.4) is 0 Å². The Kier molecular flexibility index (Phi) is 4.10. The first-order valence-corrected chi connectivity index (χ1v) is 5.92. The Morgan fingerprint density at radius 3 is 2.62 bits per heavy atom. The van der Waals surface area contributed by atoms with Gasteiger partial charge >= 0.3 is 0 Å². The van der Waals surface area contributed by atoms with Crippen LogP contribution in [0.4, 0.5) is 0 Å². The zero-order valence-corrected chi connectivity index (χ0v) is 9.82. The lowest BCUT2D eigenvalue weighted by molar-refractivity contribution is 0.618. The van der Waals surface area contributed by atoms with E-state index in [2.05, 4.69) is 38.0 Å². The molecule has 0 saturated carbocycles. The van der Waals surface area contributed by atoms with Crippen LogP contribution in [-0.2, 0) is 0 Å². The predicted molar refractivity (Wildman–Crippen MR) is 61.4 cm³/mol. The summed E-state index contributed by atoms with van der Waals surface area (Å²) < 4.78 is 0. The molecule has 1 N–H and O–H groups in total. The number of amidine groups is 1. The van der Waals surface area contributed by atoms with Gasteiger partial charge in [0.15, 0.2) is 5.17 Å². The van der Waals surface area contributed by atoms with Crippen LogP contribution in [-0.4, -0.2) is 23.5 Å². The lowest BCUT2D eigenvalue weighted by Crippen LogP contribution is -2.24. The molecular formula is C10H20N2S. The molecule has 3 heteroatoms. The van der Waals surface area contributed by atoms with Gasteiger partial charge in [-0.3, -0.25) is 4.99 Å². The minimum absolute atomic E-state index is 0.690. The minimum atomic E-state index is 0.690. The molecule has 0 saturated heterocycles. The van der Waals surface area contributed by atoms with Gasteiger partial charge in [0.05, 0.1) is 6.54 Å². The normalized spacial score (nSPS) is 22.6. The van der Waals surface area contributed by atoms with Crippen LogP contribution in [0.15, 0.2) is 4.99 Å². The molecule has 1 aliphatic rings. The van der Waals surface area contributed by atoms with E-state index in [-0.39, 0.29) is 0 Å². The summed E-state index contributed by atoms with van der Waals surface area (Å²) in [6.07, 6.45) is 0. The van der Waals surface area contributed by atoms with Crippen LogP contribution in [0.1, 0.15) is 27.7 Å². The maximum Gasteiger partial charge on any atom is 0.156 e. The first kappa shape index (κ1) is 10.9. The molecule has 1 atom stereocenters. The van der Waals surface area contributed by atoms with E-state index in [4.69, 9.17) is 0 Å². The molecule has 0 aromatic rings. The summed E-state index contributed by atoms with van der Waals surface area (Å²) in [7, 11) is 0. The van der Waals surface area contributed by atoms with Crippen LogP contribution in [0.5, 0.6) is 0 Å². The number of hydrogen-bond acceptors (Lipinski definition) is 3. The monoisotopic (exact) mass is 200 g/mol. The van der Waals surface area contributed by atoms with E-state index in [0.29, 0.717) is 11.2 Å². The number of rotatable bonds is 3. The summed E-state index contributed by atoms with van der Waals surface area (Å²) in [5, 5.41) is 5.21. The van der Waals surface area contributed by atoms with E-state index in [1.807, 2.05) is 11.8 Å². The minimum Gasteiger partial charge on any atom is -0.365 e. The van der Waals surface area contributed by atoms with Gasteiger partial charge in [-0.1, -0.05) is 39.5 Å². The van der Waals surface area contributed by atoms with Crippen molar-refractivity contribution in [2.45, 2.75) is 32.9 Å². The second-order valence-corrected chi connectivity index (χ2v) is 5.55. The first-order chi connectivity index (χ1) is 6.09. The molecule has 2 nitrogen and oxygen atoms in total. The van der Waals surface area contributed by atoms with E-state index in [1.165, 1.54) is 0 Å². The number of thioether (sulfide) groups is 1. The zero-order valence-electron chi connectivity index (χ0n) is 9.00. The van der Waals surface area contributed by atoms with Crippen molar-refractivity contribution in [2.24, 2.45) is 16.8 Å². The highest BCUT2D eigenvalue weighted by molar-refractivity contribution is 8.14. The molecule has 0 aromatic heterocycles. The number of hydrogen-bond donors (Lipinski definition) is 1. The SMILES string of the molecule is CC(C)CNC1=NCC(C(C)C)S1. The Hall–Kier alpha value is -0.180. The lowest BCUT2D eigenvalue weighted by Gasteiger charge is -2.12. The molecule has 1 aliphatic heterocycles. The molecule has 0 spiro atoms. The van der Waals surface area contributed by atoms with E-state index in [0.717, 1.165) is 24.2 Å². The molecule has 0 aliphatic carbocycles. The molecule has 1 rings (SSSR count). The molecule has 0 radical (unpaired) electrons. The summed E-state index contributed by atoms with van der Waals surface area (Å²) in [6.45, 7) is 11.0. The summed E-state index contributed by atoms with van der Waals surface area (Å²) in [6, 6.07) is 0. The molecule has 0 bridgehead atoms. The number of aliphatic imine (C=N–C) groups is 1. The van der Waals surface area contributed by atoms with Crippen LogP contribution in [0, 0.1) is 11.8 Å². The standard InChI is InChI=1S/C10H20N2S/c1-7(2)5-11-10-12-6-9(13-10)8(3)4/h7-9H,5-6H2,1-4H3,(H,11,12). The molecule has 1 unspecified atom stereocenters. The maximum atomic E-state index is 4.48. The van der Waals surface area contributed by atoms with Gasteiger partial charge in [-0.25, -0.2) is 0 Å². The Labute approximate surface area is 85.6 Å². The van der Waals surface area contributed by atoms with Crippen molar-refractivity contribution in [3.05, 3.63) is 0 Å². The number of nitrogens with one attached hydrogen (secondary N) is 1. The Bertz CT molecular complexity index is 187. The Morgan fingerprint density at radius 1 is 1.46 bits per heavy atom. The van der Waals surface area contributed by atoms with Crippen LogP contribution < -0.4 is 5.32 Å². The molecule has 0 aromatic carbocycles. The van der Waals surface area contributed by atoms with Crippen molar-refractivity contribution < 1.29 is 0 Å². The third kappa shape index (κ3) is 3.59. The molecule has 76 valence electrons. The van der Waals surface area contributed by atoms with Gasteiger partial charge in [-0.2, -0.15) is 0 Å². The zero-order chi connectivity index (χ0) is 9.84. The summed E-state index contributed by atoms with van der Waals surface area (Å²) in [5.74, 6) is 1.42. The third-order valence-corrected chi connectivity index (χ3v) is 3.58. The van der Waals surface area contributed by atoms with Crippen molar-refractivity contribution >= 4 is 16.9 Å². The van der Waals surface area contributed by atoms with Crippen molar-refractivity contribution in [3.63, 3.8) is 0 Å². The Balaban J connectivity index is 2.24. The molecule has 13 heavy (non-hydrogen) atoms. The quantitative estimate of drug-likeness (QED) is 0.756. The fourth-order valence-corrected chi connectivity index (χ4v) is 2.15. The van der Waals surface area contributed by atoms with Gasteiger partial charge in [-0.15, -0.1) is 0 Å². The highest BCUT2D eigenvalue weighted by Crippen LogP contribution is 2.25. The molecule has 1 heterocycles. The van der Waals surface area contributed by atoms with E-state index in [9.17, 15) is 0 Å². The Morgan fingerprint density at radius 2 is 2.15 bits per heavy atom. The average molecular weight is 200 g/mol. The lowest BCUT2D eigenvalue weighted by atomic mass is 10.1. The van der Waals surface area contributed by atoms with Crippen molar-refractivity contribution in [2.75, 3.05) is 13.1 Å². The van der Waals surface area contributed by atoms with Gasteiger partial charge in [0, 0.05) is 11.8 Å². The second kappa shape index (κ2) is 4.89. The first-order valence-electron chi connectivity index (χ1n) is 5.04. The van der Waals surface area contributed by atoms with Crippen LogP contribution in [0.25, 0.3) is 0 Å². The molecular weight excluding hydrogens is 180 g/mol. The average Bonchev–Trinajstić information content (AvgIpc) is 2.48. The van der Waals surface area contributed by atoms with Gasteiger partial charge in [0.2, 0.25) is 0 Å². The van der Waals surface area contributed by atoms with E-state index in [1.54, 1.807) is 0 Å². The smallest absolute Gasteiger partial charge is 0.156 e. The fourth-order valence-electron chi connectivity index (χ4n) is 1.13. The summed E-state index contributed by atoms with van der Waals surface area (Å²) in [4.78, 5) is 4.48. The van der Waals surface area contributed by atoms with Gasteiger partial charge in [0.1, 0.15) is 0 Å². The maximum absolute atomic E-state index is 4.48. The number of nitrogens with zero attached hydrogens (tertiary/aromatic N) is 1. The van der Waals surface area contributed by atoms with E-state index >= 15 is 0 Å². The highest BCUT2D eigenvalue weighted by atomic mass is 32.2.